The molecule has 4 nitrogen and oxygen atoms in total. The van der Waals surface area contributed by atoms with E-state index in [-0.39, 0.29) is 0 Å². The maximum Gasteiger partial charge on any atom is 0.319 e. The molecule has 0 saturated carbocycles. The minimum Gasteiger partial charge on any atom is -0.316 e. The first-order chi connectivity index (χ1) is 12.1. The van der Waals surface area contributed by atoms with Crippen molar-refractivity contribution < 1.29 is 13.0 Å². The summed E-state index contributed by atoms with van der Waals surface area (Å²) in [6.07, 6.45) is 20.5. The van der Waals surface area contributed by atoms with E-state index in [1.165, 1.54) is 89.9 Å². The van der Waals surface area contributed by atoms with Crippen molar-refractivity contribution in [1.29, 1.82) is 0 Å². The van der Waals surface area contributed by atoms with E-state index in [1.807, 2.05) is 0 Å². The highest BCUT2D eigenvalue weighted by molar-refractivity contribution is 8.69. The molecule has 0 bridgehead atoms. The summed E-state index contributed by atoms with van der Waals surface area (Å²) in [7, 11) is -3.28. The van der Waals surface area contributed by atoms with Crippen molar-refractivity contribution in [3.05, 3.63) is 0 Å². The first-order valence-electron chi connectivity index (χ1n) is 10.4. The molecule has 6 heteroatoms. The SMILES string of the molecule is CCCCCCCCCCCCCCCCCNCCSS(=O)(=O)O. The summed E-state index contributed by atoms with van der Waals surface area (Å²) in [6.45, 7) is 3.83. The lowest BCUT2D eigenvalue weighted by molar-refractivity contribution is 0.503. The lowest BCUT2D eigenvalue weighted by atomic mass is 10.0. The van der Waals surface area contributed by atoms with Crippen LogP contribution >= 0.6 is 10.8 Å². The molecule has 152 valence electrons. The average Bonchev–Trinajstić information content (AvgIpc) is 2.56. The van der Waals surface area contributed by atoms with Gasteiger partial charge in [0.05, 0.1) is 0 Å². The van der Waals surface area contributed by atoms with Crippen molar-refractivity contribution in [2.75, 3.05) is 18.8 Å². The zero-order chi connectivity index (χ0) is 18.6. The molecule has 0 aliphatic heterocycles. The van der Waals surface area contributed by atoms with Crippen LogP contribution < -0.4 is 5.32 Å². The van der Waals surface area contributed by atoms with Crippen LogP contribution in [0.15, 0.2) is 0 Å². The van der Waals surface area contributed by atoms with Gasteiger partial charge < -0.3 is 5.32 Å². The van der Waals surface area contributed by atoms with Gasteiger partial charge in [-0.25, -0.2) is 0 Å². The van der Waals surface area contributed by atoms with Crippen LogP contribution in [0.2, 0.25) is 0 Å². The maximum atomic E-state index is 10.5. The molecule has 0 atom stereocenters. The number of nitrogens with one attached hydrogen (secondary N) is 1. The van der Waals surface area contributed by atoms with Crippen LogP contribution in [0.25, 0.3) is 0 Å². The number of rotatable bonds is 20. The molecule has 0 aliphatic carbocycles. The molecule has 0 radical (unpaired) electrons. The van der Waals surface area contributed by atoms with E-state index in [0.717, 1.165) is 13.0 Å². The second-order valence-corrected chi connectivity index (χ2v) is 10.4. The molecule has 0 fully saturated rings. The Kier molecular flexibility index (Phi) is 19.2. The summed E-state index contributed by atoms with van der Waals surface area (Å²) in [4.78, 5) is 0. The summed E-state index contributed by atoms with van der Waals surface area (Å²) in [6, 6.07) is 0. The maximum absolute atomic E-state index is 10.5. The van der Waals surface area contributed by atoms with Gasteiger partial charge in [0.15, 0.2) is 0 Å². The third kappa shape index (κ3) is 24.2. The lowest BCUT2D eigenvalue weighted by Crippen LogP contribution is -2.18. The van der Waals surface area contributed by atoms with Gasteiger partial charge in [-0.05, 0) is 23.8 Å². The third-order valence-corrected chi connectivity index (χ3v) is 6.53. The Labute approximate surface area is 160 Å². The third-order valence-electron chi connectivity index (χ3n) is 4.47. The molecule has 0 aromatic rings. The van der Waals surface area contributed by atoms with Crippen LogP contribution in [0.3, 0.4) is 0 Å². The summed E-state index contributed by atoms with van der Waals surface area (Å²) in [5, 5.41) is 3.21. The van der Waals surface area contributed by atoms with Crippen LogP contribution in [0.1, 0.15) is 103 Å². The second-order valence-electron chi connectivity index (χ2n) is 6.95. The zero-order valence-corrected chi connectivity index (χ0v) is 17.9. The zero-order valence-electron chi connectivity index (χ0n) is 16.3. The van der Waals surface area contributed by atoms with Gasteiger partial charge in [-0.15, -0.1) is 0 Å². The highest BCUT2D eigenvalue weighted by Crippen LogP contribution is 2.13. The predicted molar refractivity (Wildman–Crippen MR) is 112 cm³/mol. The van der Waals surface area contributed by atoms with Crippen LogP contribution in [0.4, 0.5) is 0 Å². The minimum absolute atomic E-state index is 0.400. The number of hydrogen-bond acceptors (Lipinski definition) is 4. The molecule has 0 rings (SSSR count). The summed E-state index contributed by atoms with van der Waals surface area (Å²) in [5.41, 5.74) is 0. The van der Waals surface area contributed by atoms with Crippen molar-refractivity contribution in [3.8, 4) is 0 Å². The number of unbranched alkanes of at least 4 members (excludes halogenated alkanes) is 14. The molecule has 0 unspecified atom stereocenters. The van der Waals surface area contributed by atoms with Crippen molar-refractivity contribution in [2.24, 2.45) is 0 Å². The van der Waals surface area contributed by atoms with Crippen LogP contribution in [0.5, 0.6) is 0 Å². The van der Waals surface area contributed by atoms with Gasteiger partial charge >= 0.3 is 9.15 Å². The molecule has 0 aliphatic rings. The Morgan fingerprint density at radius 3 is 1.48 bits per heavy atom. The van der Waals surface area contributed by atoms with Gasteiger partial charge in [0.1, 0.15) is 0 Å². The first-order valence-corrected chi connectivity index (χ1v) is 13.3. The topological polar surface area (TPSA) is 66.4 Å². The summed E-state index contributed by atoms with van der Waals surface area (Å²) in [5.74, 6) is 0.400. The summed E-state index contributed by atoms with van der Waals surface area (Å²) < 4.78 is 29.6. The Morgan fingerprint density at radius 1 is 0.680 bits per heavy atom. The molecular formula is C19H41NO3S2. The van der Waals surface area contributed by atoms with E-state index in [9.17, 15) is 8.42 Å². The van der Waals surface area contributed by atoms with Crippen molar-refractivity contribution in [2.45, 2.75) is 103 Å². The molecular weight excluding hydrogens is 354 g/mol. The van der Waals surface area contributed by atoms with Crippen LogP contribution in [0, 0.1) is 0 Å². The van der Waals surface area contributed by atoms with E-state index in [1.54, 1.807) is 0 Å². The van der Waals surface area contributed by atoms with Gasteiger partial charge in [0.25, 0.3) is 0 Å². The highest BCUT2D eigenvalue weighted by Gasteiger charge is 2.03. The normalized spacial score (nSPS) is 11.9. The van der Waals surface area contributed by atoms with Gasteiger partial charge in [0.2, 0.25) is 0 Å². The quantitative estimate of drug-likeness (QED) is 0.151. The molecule has 0 amide bonds. The van der Waals surface area contributed by atoms with Crippen LogP contribution in [-0.2, 0) is 9.15 Å². The lowest BCUT2D eigenvalue weighted by Gasteiger charge is -2.04. The van der Waals surface area contributed by atoms with Gasteiger partial charge in [0, 0.05) is 12.3 Å². The monoisotopic (exact) mass is 395 g/mol. The van der Waals surface area contributed by atoms with Crippen molar-refractivity contribution >= 4 is 19.9 Å². The molecule has 0 heterocycles. The van der Waals surface area contributed by atoms with E-state index in [0.29, 0.717) is 23.1 Å². The summed E-state index contributed by atoms with van der Waals surface area (Å²) >= 11 is 0. The average molecular weight is 396 g/mol. The predicted octanol–water partition coefficient (Wildman–Crippen LogP) is 5.98. The van der Waals surface area contributed by atoms with Crippen LogP contribution in [-0.4, -0.2) is 31.8 Å². The molecule has 0 saturated heterocycles. The fourth-order valence-corrected chi connectivity index (χ4v) is 4.29. The minimum atomic E-state index is -3.87. The molecule has 25 heavy (non-hydrogen) atoms. The molecule has 2 N–H and O–H groups in total. The molecule has 0 spiro atoms. The Hall–Kier alpha value is 0.220. The standard InChI is InChI=1S/C19H41NO3S2/c1-2-3-4-5-6-7-8-9-10-11-12-13-14-15-16-17-20-18-19-24-25(21,22)23/h20H,2-19H2,1H3,(H,21,22,23). The van der Waals surface area contributed by atoms with E-state index in [2.05, 4.69) is 12.2 Å². The van der Waals surface area contributed by atoms with E-state index in [4.69, 9.17) is 4.55 Å². The highest BCUT2D eigenvalue weighted by atomic mass is 33.1. The Morgan fingerprint density at radius 2 is 1.08 bits per heavy atom. The fraction of sp³-hybridized carbons (Fsp3) is 1.00. The van der Waals surface area contributed by atoms with E-state index >= 15 is 0 Å². The number of hydrogen-bond donors (Lipinski definition) is 2. The fourth-order valence-electron chi connectivity index (χ4n) is 2.97. The van der Waals surface area contributed by atoms with Crippen molar-refractivity contribution in [3.63, 3.8) is 0 Å². The first kappa shape index (κ1) is 25.2. The largest absolute Gasteiger partial charge is 0.319 e. The smallest absolute Gasteiger partial charge is 0.316 e. The van der Waals surface area contributed by atoms with Gasteiger partial charge in [-0.1, -0.05) is 96.8 Å². The van der Waals surface area contributed by atoms with E-state index < -0.39 is 9.15 Å². The van der Waals surface area contributed by atoms with Crippen molar-refractivity contribution in [1.82, 2.24) is 5.32 Å². The van der Waals surface area contributed by atoms with Gasteiger partial charge in [-0.3, -0.25) is 4.55 Å². The van der Waals surface area contributed by atoms with Gasteiger partial charge in [-0.2, -0.15) is 8.42 Å². The molecule has 0 aromatic heterocycles. The second kappa shape index (κ2) is 19.0. The Bertz CT molecular complexity index is 362. The molecule has 0 aromatic carbocycles. The Balaban J connectivity index is 3.03.